The van der Waals surface area contributed by atoms with Gasteiger partial charge in [0.05, 0.1) is 6.07 Å². The van der Waals surface area contributed by atoms with E-state index in [2.05, 4.69) is 28.0 Å². The molecule has 0 amide bonds. The Morgan fingerprint density at radius 2 is 2.33 bits per heavy atom. The quantitative estimate of drug-likeness (QED) is 0.794. The monoisotopic (exact) mass is 242 g/mol. The summed E-state index contributed by atoms with van der Waals surface area (Å²) in [6, 6.07) is 4.39. The molecular weight excluding hydrogens is 224 g/mol. The van der Waals surface area contributed by atoms with Crippen molar-refractivity contribution in [3.8, 4) is 6.07 Å². The van der Waals surface area contributed by atoms with Crippen LogP contribution in [0, 0.1) is 11.3 Å². The molecule has 18 heavy (non-hydrogen) atoms. The summed E-state index contributed by atoms with van der Waals surface area (Å²) in [6.45, 7) is 2.24. The van der Waals surface area contributed by atoms with E-state index in [9.17, 15) is 5.26 Å². The van der Waals surface area contributed by atoms with Gasteiger partial charge in [0.15, 0.2) is 0 Å². The summed E-state index contributed by atoms with van der Waals surface area (Å²) in [5.74, 6) is 1.25. The van der Waals surface area contributed by atoms with Crippen molar-refractivity contribution in [1.29, 1.82) is 5.26 Å². The van der Waals surface area contributed by atoms with E-state index in [0.717, 1.165) is 30.9 Å². The van der Waals surface area contributed by atoms with Crippen LogP contribution in [0.25, 0.3) is 0 Å². The molecule has 0 radical (unpaired) electrons. The number of likely N-dealkylation sites (tertiary alicyclic amines) is 1. The van der Waals surface area contributed by atoms with Crippen LogP contribution in [-0.2, 0) is 5.41 Å². The van der Waals surface area contributed by atoms with Crippen LogP contribution >= 0.6 is 0 Å². The van der Waals surface area contributed by atoms with Gasteiger partial charge in [0.25, 0.3) is 0 Å². The molecule has 1 aliphatic carbocycles. The highest BCUT2D eigenvalue weighted by Gasteiger charge is 2.48. The first-order valence-electron chi connectivity index (χ1n) is 6.67. The standard InChI is InChI=1S/C14H18N4/c1-18-8-2-3-11(9-18)12-4-7-16-13(17-12)14(10-15)5-6-14/h4,7,11H,2-3,5-6,8-9H2,1H3. The van der Waals surface area contributed by atoms with Crippen molar-refractivity contribution in [1.82, 2.24) is 14.9 Å². The maximum atomic E-state index is 9.22. The first kappa shape index (κ1) is 11.6. The van der Waals surface area contributed by atoms with E-state index in [1.165, 1.54) is 19.4 Å². The third-order valence-electron chi connectivity index (χ3n) is 4.11. The Balaban J connectivity index is 1.85. The summed E-state index contributed by atoms with van der Waals surface area (Å²) in [5, 5.41) is 9.22. The molecule has 1 aromatic rings. The lowest BCUT2D eigenvalue weighted by Crippen LogP contribution is -2.31. The molecule has 1 aromatic heterocycles. The summed E-state index contributed by atoms with van der Waals surface area (Å²) in [6.07, 6.45) is 6.07. The van der Waals surface area contributed by atoms with E-state index < -0.39 is 0 Å². The topological polar surface area (TPSA) is 52.8 Å². The Morgan fingerprint density at radius 1 is 1.50 bits per heavy atom. The second-order valence-corrected chi connectivity index (χ2v) is 5.60. The van der Waals surface area contributed by atoms with Gasteiger partial charge in [0.2, 0.25) is 0 Å². The van der Waals surface area contributed by atoms with E-state index in [0.29, 0.717) is 5.92 Å². The van der Waals surface area contributed by atoms with E-state index in [1.54, 1.807) is 0 Å². The van der Waals surface area contributed by atoms with Gasteiger partial charge in [-0.2, -0.15) is 5.26 Å². The minimum Gasteiger partial charge on any atom is -0.306 e. The van der Waals surface area contributed by atoms with E-state index in [-0.39, 0.29) is 5.41 Å². The van der Waals surface area contributed by atoms with Gasteiger partial charge in [0.1, 0.15) is 11.2 Å². The van der Waals surface area contributed by atoms with Gasteiger partial charge in [-0.3, -0.25) is 0 Å². The molecule has 1 saturated heterocycles. The number of piperidine rings is 1. The SMILES string of the molecule is CN1CCCC(c2ccnc(C3(C#N)CC3)n2)C1. The highest BCUT2D eigenvalue weighted by Crippen LogP contribution is 2.46. The molecule has 0 N–H and O–H groups in total. The molecule has 2 fully saturated rings. The van der Waals surface area contributed by atoms with Crippen LogP contribution in [0.4, 0.5) is 0 Å². The number of rotatable bonds is 2. The molecule has 1 aliphatic heterocycles. The Hall–Kier alpha value is -1.47. The lowest BCUT2D eigenvalue weighted by Gasteiger charge is -2.29. The maximum absolute atomic E-state index is 9.22. The van der Waals surface area contributed by atoms with Crippen LogP contribution in [-0.4, -0.2) is 35.0 Å². The minimum atomic E-state index is -0.365. The van der Waals surface area contributed by atoms with Crippen molar-refractivity contribution in [2.45, 2.75) is 37.0 Å². The molecule has 0 aromatic carbocycles. The molecular formula is C14H18N4. The van der Waals surface area contributed by atoms with Gasteiger partial charge in [-0.25, -0.2) is 9.97 Å². The zero-order valence-corrected chi connectivity index (χ0v) is 10.8. The molecule has 1 unspecified atom stereocenters. The molecule has 2 aliphatic rings. The highest BCUT2D eigenvalue weighted by molar-refractivity contribution is 5.30. The number of likely N-dealkylation sites (N-methyl/N-ethyl adjacent to an activating group) is 1. The van der Waals surface area contributed by atoms with Crippen molar-refractivity contribution < 1.29 is 0 Å². The third kappa shape index (κ3) is 1.99. The zero-order valence-electron chi connectivity index (χ0n) is 10.8. The van der Waals surface area contributed by atoms with Crippen LogP contribution in [0.1, 0.15) is 43.1 Å². The summed E-state index contributed by atoms with van der Waals surface area (Å²) < 4.78 is 0. The van der Waals surface area contributed by atoms with Gasteiger partial charge in [-0.05, 0) is 45.3 Å². The minimum absolute atomic E-state index is 0.365. The summed E-state index contributed by atoms with van der Waals surface area (Å²) in [7, 11) is 2.16. The molecule has 0 bridgehead atoms. The van der Waals surface area contributed by atoms with Crippen LogP contribution < -0.4 is 0 Å². The second kappa shape index (κ2) is 4.33. The Morgan fingerprint density at radius 3 is 3.00 bits per heavy atom. The molecule has 4 heteroatoms. The Labute approximate surface area is 108 Å². The summed E-state index contributed by atoms with van der Waals surface area (Å²) in [4.78, 5) is 11.3. The van der Waals surface area contributed by atoms with Gasteiger partial charge in [0, 0.05) is 24.4 Å². The Kier molecular flexibility index (Phi) is 2.79. The average Bonchev–Trinajstić information content (AvgIpc) is 3.20. The van der Waals surface area contributed by atoms with Crippen molar-refractivity contribution in [3.63, 3.8) is 0 Å². The normalized spacial score (nSPS) is 26.6. The van der Waals surface area contributed by atoms with Crippen molar-refractivity contribution in [2.24, 2.45) is 0 Å². The zero-order chi connectivity index (χ0) is 12.6. The average molecular weight is 242 g/mol. The van der Waals surface area contributed by atoms with E-state index in [1.807, 2.05) is 12.3 Å². The van der Waals surface area contributed by atoms with Crippen LogP contribution in [0.15, 0.2) is 12.3 Å². The predicted octanol–water partition coefficient (Wildman–Crippen LogP) is 1.84. The lowest BCUT2D eigenvalue weighted by atomic mass is 9.94. The number of aromatic nitrogens is 2. The fourth-order valence-corrected chi connectivity index (χ4v) is 2.75. The first-order valence-corrected chi connectivity index (χ1v) is 6.67. The second-order valence-electron chi connectivity index (χ2n) is 5.60. The molecule has 1 saturated carbocycles. The lowest BCUT2D eigenvalue weighted by molar-refractivity contribution is 0.248. The largest absolute Gasteiger partial charge is 0.306 e. The van der Waals surface area contributed by atoms with Gasteiger partial charge in [-0.1, -0.05) is 0 Å². The van der Waals surface area contributed by atoms with Crippen LogP contribution in [0.2, 0.25) is 0 Å². The maximum Gasteiger partial charge on any atom is 0.148 e. The fourth-order valence-electron chi connectivity index (χ4n) is 2.75. The smallest absolute Gasteiger partial charge is 0.148 e. The number of hydrogen-bond donors (Lipinski definition) is 0. The van der Waals surface area contributed by atoms with Gasteiger partial charge < -0.3 is 4.90 Å². The van der Waals surface area contributed by atoms with E-state index in [4.69, 9.17) is 0 Å². The van der Waals surface area contributed by atoms with Crippen molar-refractivity contribution >= 4 is 0 Å². The fraction of sp³-hybridized carbons (Fsp3) is 0.643. The molecule has 1 atom stereocenters. The third-order valence-corrected chi connectivity index (χ3v) is 4.11. The van der Waals surface area contributed by atoms with Crippen LogP contribution in [0.5, 0.6) is 0 Å². The van der Waals surface area contributed by atoms with E-state index >= 15 is 0 Å². The Bertz CT molecular complexity index is 487. The highest BCUT2D eigenvalue weighted by atomic mass is 15.1. The number of nitrogens with zero attached hydrogens (tertiary/aromatic N) is 4. The number of hydrogen-bond acceptors (Lipinski definition) is 4. The molecule has 3 rings (SSSR count). The summed E-state index contributed by atoms with van der Waals surface area (Å²) >= 11 is 0. The molecule has 4 nitrogen and oxygen atoms in total. The predicted molar refractivity (Wildman–Crippen MR) is 68.0 cm³/mol. The van der Waals surface area contributed by atoms with Gasteiger partial charge in [-0.15, -0.1) is 0 Å². The molecule has 2 heterocycles. The van der Waals surface area contributed by atoms with Gasteiger partial charge >= 0.3 is 0 Å². The summed E-state index contributed by atoms with van der Waals surface area (Å²) in [5.41, 5.74) is 0.754. The first-order chi connectivity index (χ1) is 8.73. The van der Waals surface area contributed by atoms with Crippen LogP contribution in [0.3, 0.4) is 0 Å². The van der Waals surface area contributed by atoms with Crippen molar-refractivity contribution in [2.75, 3.05) is 20.1 Å². The molecule has 94 valence electrons. The van der Waals surface area contributed by atoms with Crippen molar-refractivity contribution in [3.05, 3.63) is 23.8 Å². The number of nitriles is 1. The molecule has 0 spiro atoms.